The third-order valence-electron chi connectivity index (χ3n) is 3.25. The zero-order valence-electron chi connectivity index (χ0n) is 13.9. The minimum Gasteiger partial charge on any atom is -0.422 e. The fourth-order valence-corrected chi connectivity index (χ4v) is 2.61. The second-order valence-electron chi connectivity index (χ2n) is 5.12. The van der Waals surface area contributed by atoms with Gasteiger partial charge in [0.25, 0.3) is 0 Å². The van der Waals surface area contributed by atoms with Gasteiger partial charge in [-0.3, -0.25) is 5.43 Å². The molecule has 0 aromatic heterocycles. The summed E-state index contributed by atoms with van der Waals surface area (Å²) in [7, 11) is 0. The normalized spacial score (nSPS) is 10.5. The van der Waals surface area contributed by atoms with Crippen molar-refractivity contribution in [1.29, 1.82) is 0 Å². The van der Waals surface area contributed by atoms with Gasteiger partial charge in [-0.25, -0.2) is 4.79 Å². The molecule has 2 rings (SSSR count). The molecular formula is C18H18BrN3O2S. The van der Waals surface area contributed by atoms with E-state index in [4.69, 9.17) is 17.0 Å². The molecule has 5 nitrogen and oxygen atoms in total. The Balaban J connectivity index is 2.18. The maximum atomic E-state index is 12.4. The molecule has 2 aromatic rings. The van der Waals surface area contributed by atoms with Gasteiger partial charge < -0.3 is 10.1 Å². The predicted octanol–water partition coefficient (Wildman–Crippen LogP) is 3.79. The second-order valence-corrected chi connectivity index (χ2v) is 6.44. The van der Waals surface area contributed by atoms with Crippen LogP contribution in [0, 0.1) is 6.92 Å². The minimum absolute atomic E-state index is 0.411. The molecule has 0 amide bonds. The van der Waals surface area contributed by atoms with E-state index < -0.39 is 5.97 Å². The van der Waals surface area contributed by atoms with Gasteiger partial charge in [-0.15, -0.1) is 0 Å². The molecule has 0 aliphatic carbocycles. The molecule has 130 valence electrons. The van der Waals surface area contributed by atoms with E-state index in [9.17, 15) is 4.79 Å². The first kappa shape index (κ1) is 19.1. The number of hydrogen-bond acceptors (Lipinski definition) is 4. The molecule has 2 N–H and O–H groups in total. The van der Waals surface area contributed by atoms with Crippen LogP contribution < -0.4 is 15.5 Å². The number of esters is 1. The van der Waals surface area contributed by atoms with Crippen LogP contribution in [0.3, 0.4) is 0 Å². The molecular weight excluding hydrogens is 402 g/mol. The van der Waals surface area contributed by atoms with Crippen LogP contribution in [0.2, 0.25) is 0 Å². The van der Waals surface area contributed by atoms with E-state index in [0.29, 0.717) is 28.5 Å². The van der Waals surface area contributed by atoms with Crippen molar-refractivity contribution >= 4 is 45.4 Å². The fraction of sp³-hybridized carbons (Fsp3) is 0.167. The van der Waals surface area contributed by atoms with Crippen molar-refractivity contribution in [1.82, 2.24) is 10.7 Å². The van der Waals surface area contributed by atoms with E-state index in [2.05, 4.69) is 31.8 Å². The molecule has 0 heterocycles. The number of rotatable bonds is 5. The van der Waals surface area contributed by atoms with E-state index in [1.165, 1.54) is 0 Å². The fourth-order valence-electron chi connectivity index (χ4n) is 2.03. The van der Waals surface area contributed by atoms with E-state index in [-0.39, 0.29) is 0 Å². The molecule has 0 radical (unpaired) electrons. The molecule has 0 bridgehead atoms. The van der Waals surface area contributed by atoms with Crippen molar-refractivity contribution in [2.75, 3.05) is 6.54 Å². The molecule has 25 heavy (non-hydrogen) atoms. The summed E-state index contributed by atoms with van der Waals surface area (Å²) in [5.74, 6) is 0.00238. The van der Waals surface area contributed by atoms with Gasteiger partial charge in [0.15, 0.2) is 5.11 Å². The van der Waals surface area contributed by atoms with E-state index in [1.54, 1.807) is 30.5 Å². The van der Waals surface area contributed by atoms with Crippen LogP contribution in [-0.4, -0.2) is 23.8 Å². The van der Waals surface area contributed by atoms with Gasteiger partial charge in [0.2, 0.25) is 0 Å². The summed E-state index contributed by atoms with van der Waals surface area (Å²) in [6.07, 6.45) is 1.55. The van der Waals surface area contributed by atoms with Crippen LogP contribution >= 0.6 is 28.1 Å². The largest absolute Gasteiger partial charge is 0.422 e. The van der Waals surface area contributed by atoms with E-state index >= 15 is 0 Å². The highest BCUT2D eigenvalue weighted by molar-refractivity contribution is 9.10. The minimum atomic E-state index is -0.411. The smallest absolute Gasteiger partial charge is 0.343 e. The maximum absolute atomic E-state index is 12.4. The lowest BCUT2D eigenvalue weighted by Crippen LogP contribution is -2.31. The number of ether oxygens (including phenoxy) is 1. The van der Waals surface area contributed by atoms with Crippen molar-refractivity contribution in [2.24, 2.45) is 5.10 Å². The number of thiocarbonyl (C=S) groups is 1. The summed E-state index contributed by atoms with van der Waals surface area (Å²) in [5.41, 5.74) is 4.73. The van der Waals surface area contributed by atoms with Gasteiger partial charge in [0, 0.05) is 16.6 Å². The lowest BCUT2D eigenvalue weighted by Gasteiger charge is -2.09. The Labute approximate surface area is 160 Å². The zero-order chi connectivity index (χ0) is 18.2. The van der Waals surface area contributed by atoms with Gasteiger partial charge in [-0.2, -0.15) is 5.10 Å². The summed E-state index contributed by atoms with van der Waals surface area (Å²) in [6, 6.07) is 12.6. The van der Waals surface area contributed by atoms with E-state index in [0.717, 1.165) is 10.0 Å². The van der Waals surface area contributed by atoms with Gasteiger partial charge in [0.1, 0.15) is 5.75 Å². The number of nitrogens with one attached hydrogen (secondary N) is 2. The number of nitrogens with zero attached hydrogens (tertiary/aromatic N) is 1. The second kappa shape index (κ2) is 9.29. The van der Waals surface area contributed by atoms with Crippen molar-refractivity contribution < 1.29 is 9.53 Å². The average Bonchev–Trinajstić information content (AvgIpc) is 2.57. The first-order valence-electron chi connectivity index (χ1n) is 7.65. The molecule has 0 atom stereocenters. The first-order valence-corrected chi connectivity index (χ1v) is 8.85. The number of halogens is 1. The summed E-state index contributed by atoms with van der Waals surface area (Å²) >= 11 is 8.45. The lowest BCUT2D eigenvalue weighted by molar-refractivity contribution is 0.0733. The molecule has 2 aromatic carbocycles. The monoisotopic (exact) mass is 419 g/mol. The standard InChI is InChI=1S/C18H18BrN3O2S/c1-3-20-18(25)22-21-11-13-10-14(19)8-9-16(13)24-17(23)15-7-5-4-6-12(15)2/h4-11H,3H2,1-2H3,(H2,20,22,25)/b21-11-. The highest BCUT2D eigenvalue weighted by Crippen LogP contribution is 2.23. The third kappa shape index (κ3) is 5.65. The summed E-state index contributed by atoms with van der Waals surface area (Å²) < 4.78 is 6.39. The number of benzene rings is 2. The summed E-state index contributed by atoms with van der Waals surface area (Å²) in [6.45, 7) is 4.51. The molecule has 0 spiro atoms. The topological polar surface area (TPSA) is 62.7 Å². The third-order valence-corrected chi connectivity index (χ3v) is 3.98. The van der Waals surface area contributed by atoms with Crippen molar-refractivity contribution in [3.05, 3.63) is 63.6 Å². The zero-order valence-corrected chi connectivity index (χ0v) is 16.3. The number of carbonyl (C=O) groups excluding carboxylic acids is 1. The van der Waals surface area contributed by atoms with Crippen LogP contribution in [0.25, 0.3) is 0 Å². The molecule has 0 saturated heterocycles. The van der Waals surface area contributed by atoms with Crippen molar-refractivity contribution in [3.8, 4) is 5.75 Å². The van der Waals surface area contributed by atoms with E-state index in [1.807, 2.05) is 32.0 Å². The number of carbonyl (C=O) groups is 1. The quantitative estimate of drug-likeness (QED) is 0.253. The van der Waals surface area contributed by atoms with Crippen molar-refractivity contribution in [2.45, 2.75) is 13.8 Å². The van der Waals surface area contributed by atoms with Gasteiger partial charge in [-0.1, -0.05) is 34.1 Å². The van der Waals surface area contributed by atoms with Gasteiger partial charge in [0.05, 0.1) is 11.8 Å². The van der Waals surface area contributed by atoms with Crippen LogP contribution in [0.1, 0.15) is 28.4 Å². The van der Waals surface area contributed by atoms with Gasteiger partial charge >= 0.3 is 5.97 Å². The van der Waals surface area contributed by atoms with Crippen LogP contribution in [0.4, 0.5) is 0 Å². The van der Waals surface area contributed by atoms with Crippen LogP contribution in [0.5, 0.6) is 5.75 Å². The van der Waals surface area contributed by atoms with Crippen molar-refractivity contribution in [3.63, 3.8) is 0 Å². The molecule has 0 saturated carbocycles. The first-order chi connectivity index (χ1) is 12.0. The number of hydrogen-bond donors (Lipinski definition) is 2. The molecule has 0 unspecified atom stereocenters. The summed E-state index contributed by atoms with van der Waals surface area (Å²) in [5, 5.41) is 7.42. The average molecular weight is 420 g/mol. The van der Waals surface area contributed by atoms with Crippen LogP contribution in [0.15, 0.2) is 52.0 Å². The SMILES string of the molecule is CCNC(=S)N/N=C\c1cc(Br)ccc1OC(=O)c1ccccc1C. The molecule has 0 aliphatic rings. The Hall–Kier alpha value is -2.25. The Bertz CT molecular complexity index is 809. The lowest BCUT2D eigenvalue weighted by atomic mass is 10.1. The Morgan fingerprint density at radius 1 is 1.32 bits per heavy atom. The maximum Gasteiger partial charge on any atom is 0.343 e. The van der Waals surface area contributed by atoms with Gasteiger partial charge in [-0.05, 0) is 55.9 Å². The highest BCUT2D eigenvalue weighted by Gasteiger charge is 2.13. The Kier molecular flexibility index (Phi) is 7.09. The predicted molar refractivity (Wildman–Crippen MR) is 107 cm³/mol. The number of hydrazone groups is 1. The number of aryl methyl sites for hydroxylation is 1. The van der Waals surface area contributed by atoms with Crippen LogP contribution in [-0.2, 0) is 0 Å². The Morgan fingerprint density at radius 2 is 2.08 bits per heavy atom. The molecule has 7 heteroatoms. The molecule has 0 aliphatic heterocycles. The molecule has 0 fully saturated rings. The summed E-state index contributed by atoms with van der Waals surface area (Å²) in [4.78, 5) is 12.4. The highest BCUT2D eigenvalue weighted by atomic mass is 79.9. The Morgan fingerprint density at radius 3 is 2.80 bits per heavy atom.